The second-order valence-electron chi connectivity index (χ2n) is 7.34. The Kier molecular flexibility index (Phi) is 6.13. The zero-order valence-corrected chi connectivity index (χ0v) is 16.7. The van der Waals surface area contributed by atoms with E-state index in [0.29, 0.717) is 11.4 Å². The lowest BCUT2D eigenvalue weighted by Gasteiger charge is -2.19. The summed E-state index contributed by atoms with van der Waals surface area (Å²) in [5.74, 6) is 5.64. The summed E-state index contributed by atoms with van der Waals surface area (Å²) in [6.45, 7) is 0.00467. The molecule has 2 atom stereocenters. The normalized spacial score (nSPS) is 14.3. The molecule has 0 fully saturated rings. The molecule has 1 aliphatic rings. The zero-order valence-electron chi connectivity index (χ0n) is 16.7. The summed E-state index contributed by atoms with van der Waals surface area (Å²) in [6.07, 6.45) is -1.70. The molecule has 31 heavy (non-hydrogen) atoms. The lowest BCUT2D eigenvalue weighted by Crippen LogP contribution is -2.36. The molecule has 2 unspecified atom stereocenters. The number of aromatic nitrogens is 1. The van der Waals surface area contributed by atoms with Crippen LogP contribution in [0.2, 0.25) is 0 Å². The van der Waals surface area contributed by atoms with Crippen molar-refractivity contribution in [2.45, 2.75) is 18.1 Å². The van der Waals surface area contributed by atoms with Gasteiger partial charge in [0.05, 0.1) is 0 Å². The molecule has 0 saturated carbocycles. The summed E-state index contributed by atoms with van der Waals surface area (Å²) >= 11 is 0. The van der Waals surface area contributed by atoms with Crippen molar-refractivity contribution in [3.63, 3.8) is 0 Å². The van der Waals surface area contributed by atoms with Gasteiger partial charge in [0, 0.05) is 24.2 Å². The Bertz CT molecular complexity index is 1010. The van der Waals surface area contributed by atoms with Gasteiger partial charge in [0.25, 0.3) is 0 Å². The number of aliphatic hydroxyl groups is 2. The maximum Gasteiger partial charge on any atom is 0.407 e. The molecule has 1 aliphatic carbocycles. The van der Waals surface area contributed by atoms with E-state index in [1.54, 1.807) is 12.1 Å². The van der Waals surface area contributed by atoms with E-state index in [1.165, 1.54) is 6.20 Å². The van der Waals surface area contributed by atoms with E-state index >= 15 is 0 Å². The van der Waals surface area contributed by atoms with Gasteiger partial charge in [0.2, 0.25) is 0 Å². The number of fused-ring (bicyclic) bond motifs is 3. The number of anilines is 1. The number of benzene rings is 2. The van der Waals surface area contributed by atoms with Crippen LogP contribution in [0.4, 0.5) is 10.6 Å². The second kappa shape index (κ2) is 9.13. The van der Waals surface area contributed by atoms with Crippen LogP contribution in [0.5, 0.6) is 0 Å². The Morgan fingerprint density at radius 1 is 1.03 bits per heavy atom. The maximum absolute atomic E-state index is 12.2. The van der Waals surface area contributed by atoms with Crippen LogP contribution in [0.1, 0.15) is 28.7 Å². The van der Waals surface area contributed by atoms with Crippen LogP contribution < -0.4 is 16.6 Å². The number of carbonyl (C=O) groups is 1. The number of hydrogen-bond acceptors (Lipinski definition) is 7. The zero-order chi connectivity index (χ0) is 21.8. The Hall–Kier alpha value is -3.46. The van der Waals surface area contributed by atoms with Crippen LogP contribution in [-0.4, -0.2) is 40.5 Å². The lowest BCUT2D eigenvalue weighted by molar-refractivity contribution is 0.0184. The van der Waals surface area contributed by atoms with Crippen LogP contribution in [0, 0.1) is 0 Å². The van der Waals surface area contributed by atoms with Crippen LogP contribution in [-0.2, 0) is 4.74 Å². The van der Waals surface area contributed by atoms with Gasteiger partial charge in [-0.1, -0.05) is 54.6 Å². The van der Waals surface area contributed by atoms with Crippen LogP contribution in [0.15, 0.2) is 66.9 Å². The molecule has 4 rings (SSSR count). The van der Waals surface area contributed by atoms with Gasteiger partial charge in [-0.3, -0.25) is 0 Å². The van der Waals surface area contributed by atoms with Gasteiger partial charge in [0.1, 0.15) is 24.6 Å². The van der Waals surface area contributed by atoms with Gasteiger partial charge < -0.3 is 25.7 Å². The molecular weight excluding hydrogens is 396 g/mol. The number of ether oxygens (including phenoxy) is 1. The standard InChI is InChI=1S/C23H24N4O4/c24-27-21-10-9-14(11-25-21)22(29)20(28)12-26-23(30)31-13-19-17-7-3-1-5-15(17)16-6-2-4-8-18(16)19/h1-11,19-20,22,28-29H,12-13,24H2,(H,25,27)(H,26,30). The molecule has 0 spiro atoms. The summed E-state index contributed by atoms with van der Waals surface area (Å²) < 4.78 is 5.43. The summed E-state index contributed by atoms with van der Waals surface area (Å²) in [4.78, 5) is 16.2. The minimum atomic E-state index is -1.22. The number of amides is 1. The molecule has 3 aromatic rings. The number of hydrazine groups is 1. The van der Waals surface area contributed by atoms with E-state index in [9.17, 15) is 15.0 Å². The average Bonchev–Trinajstić information content (AvgIpc) is 3.14. The molecule has 0 aliphatic heterocycles. The molecule has 160 valence electrons. The highest BCUT2D eigenvalue weighted by molar-refractivity contribution is 5.79. The van der Waals surface area contributed by atoms with Crippen LogP contribution in [0.25, 0.3) is 11.1 Å². The fraction of sp³-hybridized carbons (Fsp3) is 0.217. The third-order valence-electron chi connectivity index (χ3n) is 5.44. The van der Waals surface area contributed by atoms with Gasteiger partial charge in [-0.15, -0.1) is 0 Å². The number of aliphatic hydroxyl groups excluding tert-OH is 2. The number of pyridine rings is 1. The molecule has 0 radical (unpaired) electrons. The summed E-state index contributed by atoms with van der Waals surface area (Å²) in [7, 11) is 0. The van der Waals surface area contributed by atoms with Crippen molar-refractivity contribution in [1.82, 2.24) is 10.3 Å². The Labute approximate surface area is 179 Å². The van der Waals surface area contributed by atoms with Crippen molar-refractivity contribution in [3.05, 3.63) is 83.6 Å². The van der Waals surface area contributed by atoms with Crippen LogP contribution >= 0.6 is 0 Å². The highest BCUT2D eigenvalue weighted by atomic mass is 16.5. The van der Waals surface area contributed by atoms with Crippen LogP contribution in [0.3, 0.4) is 0 Å². The first kappa shape index (κ1) is 20.8. The predicted octanol–water partition coefficient (Wildman–Crippen LogP) is 2.30. The number of nitrogens with one attached hydrogen (secondary N) is 2. The number of alkyl carbamates (subject to hydrolysis) is 1. The van der Waals surface area contributed by atoms with Crippen molar-refractivity contribution >= 4 is 11.9 Å². The van der Waals surface area contributed by atoms with Gasteiger partial charge in [-0.2, -0.15) is 0 Å². The minimum Gasteiger partial charge on any atom is -0.449 e. The summed E-state index contributed by atoms with van der Waals surface area (Å²) in [5, 5.41) is 23.0. The van der Waals surface area contributed by atoms with Gasteiger partial charge in [0.15, 0.2) is 0 Å². The van der Waals surface area contributed by atoms with E-state index in [4.69, 9.17) is 10.6 Å². The molecule has 8 nitrogen and oxygen atoms in total. The number of rotatable bonds is 7. The summed E-state index contributed by atoms with van der Waals surface area (Å²) in [6, 6.07) is 19.3. The quantitative estimate of drug-likeness (QED) is 0.293. The first-order valence-electron chi connectivity index (χ1n) is 9.96. The highest BCUT2D eigenvalue weighted by Gasteiger charge is 2.29. The molecule has 1 aromatic heterocycles. The van der Waals surface area contributed by atoms with Crippen molar-refractivity contribution in [1.29, 1.82) is 0 Å². The third kappa shape index (κ3) is 4.36. The lowest BCUT2D eigenvalue weighted by atomic mass is 9.98. The molecule has 1 amide bonds. The highest BCUT2D eigenvalue weighted by Crippen LogP contribution is 2.44. The Morgan fingerprint density at radius 2 is 1.68 bits per heavy atom. The molecule has 0 saturated heterocycles. The van der Waals surface area contributed by atoms with Gasteiger partial charge in [-0.05, 0) is 28.3 Å². The second-order valence-corrected chi connectivity index (χ2v) is 7.34. The number of hydrogen-bond donors (Lipinski definition) is 5. The fourth-order valence-corrected chi connectivity index (χ4v) is 3.84. The number of nitrogen functional groups attached to an aromatic ring is 1. The van der Waals surface area contributed by atoms with Crippen molar-refractivity contribution in [2.24, 2.45) is 5.84 Å². The molecule has 1 heterocycles. The van der Waals surface area contributed by atoms with E-state index in [1.807, 2.05) is 36.4 Å². The van der Waals surface area contributed by atoms with E-state index in [2.05, 4.69) is 27.9 Å². The maximum atomic E-state index is 12.2. The number of carbonyl (C=O) groups excluding carboxylic acids is 1. The predicted molar refractivity (Wildman–Crippen MR) is 116 cm³/mol. The number of nitrogens with zero attached hydrogens (tertiary/aromatic N) is 1. The van der Waals surface area contributed by atoms with E-state index in [-0.39, 0.29) is 19.1 Å². The monoisotopic (exact) mass is 420 g/mol. The largest absolute Gasteiger partial charge is 0.449 e. The third-order valence-corrected chi connectivity index (χ3v) is 5.44. The first-order chi connectivity index (χ1) is 15.1. The van der Waals surface area contributed by atoms with Crippen molar-refractivity contribution < 1.29 is 19.7 Å². The first-order valence-corrected chi connectivity index (χ1v) is 9.96. The average molecular weight is 420 g/mol. The SMILES string of the molecule is NNc1ccc(C(O)C(O)CNC(=O)OCC2c3ccccc3-c3ccccc32)cn1. The topological polar surface area (TPSA) is 130 Å². The molecule has 6 N–H and O–H groups in total. The molecule has 8 heteroatoms. The van der Waals surface area contributed by atoms with E-state index in [0.717, 1.165) is 22.3 Å². The Morgan fingerprint density at radius 3 is 2.26 bits per heavy atom. The van der Waals surface area contributed by atoms with E-state index < -0.39 is 18.3 Å². The Balaban J connectivity index is 1.32. The number of nitrogens with two attached hydrogens (primary N) is 1. The van der Waals surface area contributed by atoms with Crippen molar-refractivity contribution in [3.8, 4) is 11.1 Å². The van der Waals surface area contributed by atoms with Crippen molar-refractivity contribution in [2.75, 3.05) is 18.6 Å². The molecular formula is C23H24N4O4. The minimum absolute atomic E-state index is 0.0468. The fourth-order valence-electron chi connectivity index (χ4n) is 3.84. The summed E-state index contributed by atoms with van der Waals surface area (Å²) in [5.41, 5.74) is 7.32. The van der Waals surface area contributed by atoms with Gasteiger partial charge >= 0.3 is 6.09 Å². The molecule has 0 bridgehead atoms. The van der Waals surface area contributed by atoms with Gasteiger partial charge in [-0.25, -0.2) is 15.6 Å². The smallest absolute Gasteiger partial charge is 0.407 e. The molecule has 2 aromatic carbocycles.